The maximum Gasteiger partial charge on any atom is 0.166 e. The van der Waals surface area contributed by atoms with Gasteiger partial charge < -0.3 is 10.5 Å². The van der Waals surface area contributed by atoms with E-state index >= 15 is 0 Å². The summed E-state index contributed by atoms with van der Waals surface area (Å²) in [6.07, 6.45) is 3.68. The average Bonchev–Trinajstić information content (AvgIpc) is 3.38. The highest BCUT2D eigenvalue weighted by molar-refractivity contribution is 5.74. The largest absolute Gasteiger partial charge is 0.482 e. The second-order valence-corrected chi connectivity index (χ2v) is 7.94. The van der Waals surface area contributed by atoms with Crippen LogP contribution in [-0.4, -0.2) is 24.5 Å². The number of rotatable bonds is 1. The van der Waals surface area contributed by atoms with E-state index in [0.717, 1.165) is 39.3 Å². The molecular weight excluding hydrogens is 402 g/mol. The van der Waals surface area contributed by atoms with Crippen molar-refractivity contribution in [3.8, 4) is 28.6 Å². The number of ether oxygens (including phenoxy) is 1. The average molecular weight is 425 g/mol. The van der Waals surface area contributed by atoms with Gasteiger partial charge in [-0.3, -0.25) is 4.68 Å². The third-order valence-corrected chi connectivity index (χ3v) is 5.82. The maximum absolute atomic E-state index is 9.92. The Balaban J connectivity index is 1.83. The van der Waals surface area contributed by atoms with Gasteiger partial charge in [0.05, 0.1) is 17.1 Å². The van der Waals surface area contributed by atoms with E-state index in [1.54, 1.807) is 17.1 Å². The van der Waals surface area contributed by atoms with E-state index in [1.165, 1.54) is 0 Å². The van der Waals surface area contributed by atoms with Gasteiger partial charge in [0, 0.05) is 42.0 Å². The Kier molecular flexibility index (Phi) is 4.67. The van der Waals surface area contributed by atoms with E-state index in [1.807, 2.05) is 30.7 Å². The highest BCUT2D eigenvalue weighted by atomic mass is 16.5. The van der Waals surface area contributed by atoms with Gasteiger partial charge >= 0.3 is 0 Å². The van der Waals surface area contributed by atoms with E-state index in [2.05, 4.69) is 41.3 Å². The summed E-state index contributed by atoms with van der Waals surface area (Å²) < 4.78 is 9.96. The summed E-state index contributed by atoms with van der Waals surface area (Å²) in [5.74, 6) is 0.775. The summed E-state index contributed by atoms with van der Waals surface area (Å²) in [7, 11) is 0. The highest BCUT2D eigenvalue weighted by Crippen LogP contribution is 2.36. The zero-order valence-electron chi connectivity index (χ0n) is 18.2. The van der Waals surface area contributed by atoms with Crippen LogP contribution in [0.25, 0.3) is 16.8 Å². The lowest BCUT2D eigenvalue weighted by molar-refractivity contribution is 0.227. The number of fused-ring (bicyclic) bond motifs is 7. The van der Waals surface area contributed by atoms with Gasteiger partial charge in [0.15, 0.2) is 11.6 Å². The van der Waals surface area contributed by atoms with Crippen molar-refractivity contribution in [2.24, 2.45) is 0 Å². The van der Waals surface area contributed by atoms with Gasteiger partial charge in [-0.05, 0) is 39.0 Å². The van der Waals surface area contributed by atoms with Crippen molar-refractivity contribution in [2.75, 3.05) is 5.73 Å². The minimum atomic E-state index is -0.297. The lowest BCUT2D eigenvalue weighted by atomic mass is 10.0. The van der Waals surface area contributed by atoms with Crippen LogP contribution in [0, 0.1) is 18.3 Å². The highest BCUT2D eigenvalue weighted by Gasteiger charge is 2.25. The number of hydrogen-bond acceptors (Lipinski definition) is 6. The summed E-state index contributed by atoms with van der Waals surface area (Å²) in [4.78, 5) is 4.37. The predicted octanol–water partition coefficient (Wildman–Crippen LogP) is 3.96. The summed E-state index contributed by atoms with van der Waals surface area (Å²) in [6.45, 7) is 6.59. The Labute approximate surface area is 185 Å². The molecule has 0 saturated heterocycles. The van der Waals surface area contributed by atoms with Crippen LogP contribution >= 0.6 is 0 Å². The first-order valence-corrected chi connectivity index (χ1v) is 10.6. The molecule has 3 aromatic heterocycles. The van der Waals surface area contributed by atoms with Crippen molar-refractivity contribution < 1.29 is 4.74 Å². The van der Waals surface area contributed by atoms with Crippen LogP contribution in [0.5, 0.6) is 5.75 Å². The number of nitrogens with zero attached hydrogens (tertiary/aromatic N) is 6. The van der Waals surface area contributed by atoms with Crippen molar-refractivity contribution in [2.45, 2.75) is 39.8 Å². The molecule has 1 aromatic carbocycles. The number of hydrogen-bond donors (Lipinski definition) is 1. The lowest BCUT2D eigenvalue weighted by Crippen LogP contribution is -2.13. The Morgan fingerprint density at radius 3 is 2.91 bits per heavy atom. The van der Waals surface area contributed by atoms with Crippen molar-refractivity contribution in [1.82, 2.24) is 24.5 Å². The van der Waals surface area contributed by atoms with Gasteiger partial charge in [-0.2, -0.15) is 15.5 Å². The molecule has 4 aromatic rings. The number of aryl methyl sites for hydroxylation is 2. The van der Waals surface area contributed by atoms with Crippen LogP contribution in [-0.2, 0) is 13.0 Å². The molecule has 5 rings (SSSR count). The minimum absolute atomic E-state index is 0.297. The molecule has 0 amide bonds. The number of benzene rings is 1. The van der Waals surface area contributed by atoms with Crippen molar-refractivity contribution in [3.63, 3.8) is 0 Å². The summed E-state index contributed by atoms with van der Waals surface area (Å²) >= 11 is 0. The van der Waals surface area contributed by atoms with Gasteiger partial charge in [-0.25, -0.2) is 9.67 Å². The van der Waals surface area contributed by atoms with Crippen LogP contribution in [0.3, 0.4) is 0 Å². The van der Waals surface area contributed by atoms with E-state index in [0.29, 0.717) is 30.2 Å². The molecule has 0 saturated carbocycles. The molecule has 0 aliphatic carbocycles. The Bertz CT molecular complexity index is 1380. The van der Waals surface area contributed by atoms with Crippen LogP contribution in [0.15, 0.2) is 42.7 Å². The van der Waals surface area contributed by atoms with Crippen LogP contribution < -0.4 is 10.5 Å². The second-order valence-electron chi connectivity index (χ2n) is 7.94. The zero-order chi connectivity index (χ0) is 22.4. The fraction of sp³-hybridized carbons (Fsp3) is 0.250. The molecule has 0 unspecified atom stereocenters. The number of anilines is 1. The molecule has 0 fully saturated rings. The third-order valence-electron chi connectivity index (χ3n) is 5.82. The van der Waals surface area contributed by atoms with Crippen LogP contribution in [0.4, 0.5) is 5.82 Å². The van der Waals surface area contributed by atoms with E-state index in [-0.39, 0.29) is 6.10 Å². The number of nitrogen functional groups attached to an aromatic ring is 1. The smallest absolute Gasteiger partial charge is 0.166 e. The standard InChI is InChI=1S/C24H23N7O/c1-4-30-21(12-25)23-16-10-22(24(26)27-13-16)32-15(3)18-9-14(2)5-6-20(18)31-17(7-8-28-31)11-19(23)29-30/h5-10,13,15H,4,11H2,1-3H3,(H2,26,27)/t15-/m1/s1. The summed E-state index contributed by atoms with van der Waals surface area (Å²) in [5, 5.41) is 19.3. The third kappa shape index (κ3) is 3.10. The van der Waals surface area contributed by atoms with E-state index in [9.17, 15) is 5.26 Å². The molecule has 0 radical (unpaired) electrons. The van der Waals surface area contributed by atoms with Gasteiger partial charge in [0.1, 0.15) is 17.9 Å². The van der Waals surface area contributed by atoms with Crippen molar-refractivity contribution in [1.29, 1.82) is 5.26 Å². The fourth-order valence-corrected chi connectivity index (χ4v) is 4.27. The minimum Gasteiger partial charge on any atom is -0.482 e. The number of pyridine rings is 1. The molecule has 4 heterocycles. The molecule has 160 valence electrons. The van der Waals surface area contributed by atoms with Gasteiger partial charge in [-0.15, -0.1) is 0 Å². The molecule has 1 aliphatic rings. The molecule has 2 N–H and O–H groups in total. The van der Waals surface area contributed by atoms with Gasteiger partial charge in [0.2, 0.25) is 0 Å². The number of nitriles is 1. The van der Waals surface area contributed by atoms with Crippen LogP contribution in [0.2, 0.25) is 0 Å². The number of aromatic nitrogens is 5. The first-order chi connectivity index (χ1) is 15.5. The predicted molar refractivity (Wildman–Crippen MR) is 120 cm³/mol. The Morgan fingerprint density at radius 2 is 2.12 bits per heavy atom. The van der Waals surface area contributed by atoms with Crippen molar-refractivity contribution in [3.05, 3.63) is 70.9 Å². The Hall–Kier alpha value is -4.12. The zero-order valence-corrected chi connectivity index (χ0v) is 18.2. The normalized spacial score (nSPS) is 14.8. The monoisotopic (exact) mass is 425 g/mol. The molecule has 1 aliphatic heterocycles. The summed E-state index contributed by atoms with van der Waals surface area (Å²) in [5.41, 5.74) is 13.0. The summed E-state index contributed by atoms with van der Waals surface area (Å²) in [6, 6.07) is 12.4. The van der Waals surface area contributed by atoms with Gasteiger partial charge in [-0.1, -0.05) is 17.7 Å². The SMILES string of the molecule is CCn1nc2c(c1C#N)-c1cnc(N)c(c1)O[C@H](C)c1cc(C)ccc1-n1nccc1C2. The molecule has 1 atom stereocenters. The fourth-order valence-electron chi connectivity index (χ4n) is 4.27. The first kappa shape index (κ1) is 19.8. The van der Waals surface area contributed by atoms with Gasteiger partial charge in [0.25, 0.3) is 0 Å². The molecule has 32 heavy (non-hydrogen) atoms. The maximum atomic E-state index is 9.92. The molecular formula is C24H23N7O. The molecule has 8 heteroatoms. The van der Waals surface area contributed by atoms with E-state index < -0.39 is 0 Å². The second kappa shape index (κ2) is 7.54. The lowest BCUT2D eigenvalue weighted by Gasteiger charge is -2.22. The number of nitrogens with two attached hydrogens (primary N) is 1. The molecule has 2 bridgehead atoms. The molecule has 0 spiro atoms. The first-order valence-electron chi connectivity index (χ1n) is 10.6. The Morgan fingerprint density at radius 1 is 1.28 bits per heavy atom. The topological polar surface area (TPSA) is 108 Å². The quantitative estimate of drug-likeness (QED) is 0.495. The van der Waals surface area contributed by atoms with Crippen molar-refractivity contribution >= 4 is 5.82 Å². The van der Waals surface area contributed by atoms with Crippen LogP contribution in [0.1, 0.15) is 48.2 Å². The van der Waals surface area contributed by atoms with E-state index in [4.69, 9.17) is 15.6 Å². The molecule has 8 nitrogen and oxygen atoms in total.